The van der Waals surface area contributed by atoms with E-state index >= 15 is 0 Å². The van der Waals surface area contributed by atoms with Gasteiger partial charge in [0.05, 0.1) is 4.92 Å². The van der Waals surface area contributed by atoms with Crippen molar-refractivity contribution in [1.29, 1.82) is 0 Å². The molecule has 0 N–H and O–H groups in total. The summed E-state index contributed by atoms with van der Waals surface area (Å²) < 4.78 is 4.72. The van der Waals surface area contributed by atoms with Crippen molar-refractivity contribution in [2.24, 2.45) is 0 Å². The summed E-state index contributed by atoms with van der Waals surface area (Å²) in [5.74, 6) is 0. The summed E-state index contributed by atoms with van der Waals surface area (Å²) in [5.41, 5.74) is 0. The summed E-state index contributed by atoms with van der Waals surface area (Å²) in [6.45, 7) is 1.98. The van der Waals surface area contributed by atoms with E-state index < -0.39 is 6.23 Å². The van der Waals surface area contributed by atoms with Crippen molar-refractivity contribution < 1.29 is 9.66 Å². The van der Waals surface area contributed by atoms with E-state index in [1.165, 1.54) is 0 Å². The molecule has 0 saturated carbocycles. The van der Waals surface area contributed by atoms with Gasteiger partial charge in [0, 0.05) is 0 Å². The van der Waals surface area contributed by atoms with Crippen LogP contribution in [0.1, 0.15) is 19.8 Å². The molecule has 0 unspecified atom stereocenters. The Labute approximate surface area is 53.0 Å². The van der Waals surface area contributed by atoms with E-state index in [2.05, 4.69) is 0 Å². The van der Waals surface area contributed by atoms with Gasteiger partial charge in [0.2, 0.25) is 0 Å². The monoisotopic (exact) mass is 131 g/mol. The van der Waals surface area contributed by atoms with Crippen LogP contribution in [0.25, 0.3) is 0 Å². The summed E-state index contributed by atoms with van der Waals surface area (Å²) in [6.07, 6.45) is 0.982. The van der Waals surface area contributed by atoms with Gasteiger partial charge in [-0.25, -0.2) is 0 Å². The molecule has 9 heavy (non-hydrogen) atoms. The molecule has 52 valence electrons. The lowest BCUT2D eigenvalue weighted by molar-refractivity contribution is -0.516. The van der Waals surface area contributed by atoms with Crippen LogP contribution < -0.4 is 0 Å². The van der Waals surface area contributed by atoms with E-state index in [1.807, 2.05) is 6.92 Å². The number of hydrogen-bond acceptors (Lipinski definition) is 3. The number of hydrogen-bond donors (Lipinski definition) is 0. The van der Waals surface area contributed by atoms with Crippen LogP contribution in [0.2, 0.25) is 0 Å². The van der Waals surface area contributed by atoms with Crippen LogP contribution in [0.5, 0.6) is 0 Å². The summed E-state index contributed by atoms with van der Waals surface area (Å²) in [6, 6.07) is 0. The van der Waals surface area contributed by atoms with Crippen molar-refractivity contribution in [3.05, 3.63) is 10.1 Å². The van der Waals surface area contributed by atoms with E-state index in [9.17, 15) is 10.1 Å². The average Bonchev–Trinajstić information content (AvgIpc) is 2.47. The second kappa shape index (κ2) is 2.31. The number of rotatable bonds is 3. The van der Waals surface area contributed by atoms with Gasteiger partial charge in [0.15, 0.2) is 6.10 Å². The third kappa shape index (κ3) is 1.38. The molecule has 0 aromatic heterocycles. The Kier molecular flexibility index (Phi) is 1.66. The van der Waals surface area contributed by atoms with Gasteiger partial charge < -0.3 is 4.74 Å². The molecule has 0 aromatic rings. The zero-order valence-electron chi connectivity index (χ0n) is 5.24. The third-order valence-electron chi connectivity index (χ3n) is 1.34. The number of nitro groups is 1. The Balaban J connectivity index is 2.17. The number of nitrogens with zero attached hydrogens (tertiary/aromatic N) is 1. The van der Waals surface area contributed by atoms with Crippen LogP contribution >= 0.6 is 0 Å². The van der Waals surface area contributed by atoms with Crippen LogP contribution in [-0.4, -0.2) is 17.3 Å². The predicted molar refractivity (Wildman–Crippen MR) is 30.6 cm³/mol. The molecule has 1 aliphatic heterocycles. The first-order chi connectivity index (χ1) is 4.25. The van der Waals surface area contributed by atoms with Gasteiger partial charge in [-0.05, 0) is 6.42 Å². The highest BCUT2D eigenvalue weighted by atomic mass is 16.7. The first-order valence-electron chi connectivity index (χ1n) is 3.04. The lowest BCUT2D eigenvalue weighted by Gasteiger charge is -1.82. The maximum atomic E-state index is 9.93. The van der Waals surface area contributed by atoms with Gasteiger partial charge in [-0.2, -0.15) is 0 Å². The molecule has 1 aliphatic rings. The van der Waals surface area contributed by atoms with Crippen LogP contribution in [0.3, 0.4) is 0 Å². The van der Waals surface area contributed by atoms with Gasteiger partial charge in [-0.3, -0.25) is 10.1 Å². The second-order valence-corrected chi connectivity index (χ2v) is 2.14. The minimum absolute atomic E-state index is 0.0926. The van der Waals surface area contributed by atoms with Gasteiger partial charge in [0.25, 0.3) is 0 Å². The highest BCUT2D eigenvalue weighted by Crippen LogP contribution is 2.26. The summed E-state index contributed by atoms with van der Waals surface area (Å²) in [4.78, 5) is 9.55. The minimum Gasteiger partial charge on any atom is -0.302 e. The molecule has 1 rings (SSSR count). The Hall–Kier alpha value is -0.640. The third-order valence-corrected chi connectivity index (χ3v) is 1.34. The lowest BCUT2D eigenvalue weighted by atomic mass is 10.2. The topological polar surface area (TPSA) is 55.7 Å². The fraction of sp³-hybridized carbons (Fsp3) is 1.00. The molecule has 0 aromatic carbocycles. The Morgan fingerprint density at radius 2 is 2.44 bits per heavy atom. The van der Waals surface area contributed by atoms with Crippen molar-refractivity contribution in [2.75, 3.05) is 0 Å². The van der Waals surface area contributed by atoms with E-state index in [4.69, 9.17) is 4.74 Å². The Bertz CT molecular complexity index is 125. The summed E-state index contributed by atoms with van der Waals surface area (Å²) >= 11 is 0. The van der Waals surface area contributed by atoms with Gasteiger partial charge in [-0.1, -0.05) is 13.3 Å². The molecule has 0 bridgehead atoms. The van der Waals surface area contributed by atoms with Crippen LogP contribution in [0.4, 0.5) is 0 Å². The maximum Gasteiger partial charge on any atom is 0.342 e. The van der Waals surface area contributed by atoms with Gasteiger partial charge in [-0.15, -0.1) is 0 Å². The highest BCUT2D eigenvalue weighted by molar-refractivity contribution is 4.74. The smallest absolute Gasteiger partial charge is 0.302 e. The quantitative estimate of drug-likeness (QED) is 0.323. The molecule has 4 nitrogen and oxygen atoms in total. The standard InChI is InChI=1S/C5H9NO3/c1-2-3-4-5(9-4)6(7)8/h4-5H,2-3H2,1H3/t4-,5+/m1/s1. The Morgan fingerprint density at radius 3 is 2.78 bits per heavy atom. The first kappa shape index (κ1) is 6.48. The molecule has 2 atom stereocenters. The normalized spacial score (nSPS) is 32.1. The second-order valence-electron chi connectivity index (χ2n) is 2.14. The molecule has 0 spiro atoms. The van der Waals surface area contributed by atoms with E-state index in [0.29, 0.717) is 0 Å². The van der Waals surface area contributed by atoms with Crippen molar-refractivity contribution >= 4 is 0 Å². The predicted octanol–water partition coefficient (Wildman–Crippen LogP) is 0.788. The first-order valence-corrected chi connectivity index (χ1v) is 3.04. The molecular weight excluding hydrogens is 122 g/mol. The Morgan fingerprint density at radius 1 is 1.78 bits per heavy atom. The molecule has 0 radical (unpaired) electrons. The van der Waals surface area contributed by atoms with Gasteiger partial charge in [0.1, 0.15) is 0 Å². The molecule has 0 aliphatic carbocycles. The van der Waals surface area contributed by atoms with Crippen molar-refractivity contribution in [2.45, 2.75) is 32.1 Å². The SMILES string of the molecule is CCC[C@H]1O[C@@H]1[N+](=O)[O-]. The zero-order chi connectivity index (χ0) is 6.85. The van der Waals surface area contributed by atoms with E-state index in [-0.39, 0.29) is 11.0 Å². The highest BCUT2D eigenvalue weighted by Gasteiger charge is 2.49. The van der Waals surface area contributed by atoms with Crippen LogP contribution in [0.15, 0.2) is 0 Å². The minimum atomic E-state index is -0.690. The maximum absolute atomic E-state index is 9.93. The number of ether oxygens (including phenoxy) is 1. The largest absolute Gasteiger partial charge is 0.342 e. The molecule has 4 heteroatoms. The number of epoxide rings is 1. The average molecular weight is 131 g/mol. The molecule has 1 heterocycles. The summed E-state index contributed by atoms with van der Waals surface area (Å²) in [5, 5.41) is 9.93. The van der Waals surface area contributed by atoms with Gasteiger partial charge >= 0.3 is 6.23 Å². The van der Waals surface area contributed by atoms with Crippen molar-refractivity contribution in [1.82, 2.24) is 0 Å². The van der Waals surface area contributed by atoms with E-state index in [0.717, 1.165) is 12.8 Å². The van der Waals surface area contributed by atoms with Crippen LogP contribution in [0, 0.1) is 10.1 Å². The van der Waals surface area contributed by atoms with Crippen molar-refractivity contribution in [3.8, 4) is 0 Å². The fourth-order valence-corrected chi connectivity index (χ4v) is 0.814. The van der Waals surface area contributed by atoms with E-state index in [1.54, 1.807) is 0 Å². The summed E-state index contributed by atoms with van der Waals surface area (Å²) in [7, 11) is 0. The molecule has 0 amide bonds. The fourth-order valence-electron chi connectivity index (χ4n) is 0.814. The van der Waals surface area contributed by atoms with Crippen LogP contribution in [-0.2, 0) is 4.74 Å². The zero-order valence-corrected chi connectivity index (χ0v) is 5.24. The lowest BCUT2D eigenvalue weighted by Crippen LogP contribution is -2.05. The van der Waals surface area contributed by atoms with Crippen molar-refractivity contribution in [3.63, 3.8) is 0 Å². The molecule has 1 saturated heterocycles. The molecular formula is C5H9NO3. The molecule has 1 fully saturated rings.